The summed E-state index contributed by atoms with van der Waals surface area (Å²) in [6.45, 7) is 1.38. The zero-order valence-electron chi connectivity index (χ0n) is 13.5. The molecule has 0 aliphatic heterocycles. The smallest absolute Gasteiger partial charge is 0.340 e. The summed E-state index contributed by atoms with van der Waals surface area (Å²) in [7, 11) is 0. The van der Waals surface area contributed by atoms with E-state index >= 15 is 0 Å². The number of imide groups is 1. The van der Waals surface area contributed by atoms with Gasteiger partial charge in [-0.1, -0.05) is 48.5 Å². The second-order valence-electron chi connectivity index (χ2n) is 5.59. The van der Waals surface area contributed by atoms with Gasteiger partial charge in [0.2, 0.25) is 0 Å². The number of hydrogen-bond donors (Lipinski definition) is 2. The van der Waals surface area contributed by atoms with E-state index in [2.05, 4.69) is 0 Å². The minimum Gasteiger partial charge on any atom is -0.449 e. The molecule has 0 bridgehead atoms. The normalized spacial score (nSPS) is 11.9. The molecule has 3 aromatic carbocycles. The highest BCUT2D eigenvalue weighted by Crippen LogP contribution is 2.29. The molecule has 0 heterocycles. The van der Waals surface area contributed by atoms with Gasteiger partial charge in [0.25, 0.3) is 5.91 Å². The van der Waals surface area contributed by atoms with Gasteiger partial charge < -0.3 is 10.5 Å². The first-order valence-corrected chi connectivity index (χ1v) is 7.69. The van der Waals surface area contributed by atoms with Gasteiger partial charge in [0.1, 0.15) is 0 Å². The molecule has 0 saturated heterocycles. The molecule has 0 aliphatic rings. The molecule has 3 amide bonds. The van der Waals surface area contributed by atoms with Crippen molar-refractivity contribution in [1.29, 1.82) is 0 Å². The molecule has 1 atom stereocenters. The molecule has 3 N–H and O–H groups in total. The average molecular weight is 336 g/mol. The maximum atomic E-state index is 12.8. The fourth-order valence-electron chi connectivity index (χ4n) is 2.73. The Kier molecular flexibility index (Phi) is 4.35. The Morgan fingerprint density at radius 1 is 0.960 bits per heavy atom. The van der Waals surface area contributed by atoms with Crippen molar-refractivity contribution >= 4 is 39.5 Å². The van der Waals surface area contributed by atoms with Crippen LogP contribution in [0.15, 0.2) is 54.6 Å². The first-order chi connectivity index (χ1) is 12.0. The fraction of sp³-hybridized carbons (Fsp3) is 0.105. The summed E-state index contributed by atoms with van der Waals surface area (Å²) >= 11 is 0. The number of ether oxygens (including phenoxy) is 1. The van der Waals surface area contributed by atoms with Gasteiger partial charge in [0, 0.05) is 0 Å². The first kappa shape index (κ1) is 16.4. The van der Waals surface area contributed by atoms with E-state index in [0.29, 0.717) is 5.56 Å². The van der Waals surface area contributed by atoms with Crippen LogP contribution >= 0.6 is 0 Å². The Morgan fingerprint density at radius 2 is 1.48 bits per heavy atom. The molecule has 6 heteroatoms. The Balaban J connectivity index is 2.05. The highest BCUT2D eigenvalue weighted by Gasteiger charge is 2.22. The predicted octanol–water partition coefficient (Wildman–Crippen LogP) is 2.73. The molecule has 0 unspecified atom stereocenters. The minimum absolute atomic E-state index is 0.382. The minimum atomic E-state index is -1.15. The van der Waals surface area contributed by atoms with E-state index in [-0.39, 0.29) is 0 Å². The molecule has 25 heavy (non-hydrogen) atoms. The number of carbonyl (C=O) groups excluding carboxylic acids is 3. The zero-order chi connectivity index (χ0) is 18.0. The van der Waals surface area contributed by atoms with E-state index in [0.717, 1.165) is 21.5 Å². The number of benzene rings is 3. The Bertz CT molecular complexity index is 943. The molecule has 126 valence electrons. The van der Waals surface area contributed by atoms with E-state index in [1.165, 1.54) is 6.92 Å². The molecule has 0 aromatic heterocycles. The van der Waals surface area contributed by atoms with Gasteiger partial charge in [-0.3, -0.25) is 10.1 Å². The van der Waals surface area contributed by atoms with Gasteiger partial charge in [-0.25, -0.2) is 9.59 Å². The zero-order valence-corrected chi connectivity index (χ0v) is 13.5. The van der Waals surface area contributed by atoms with Crippen molar-refractivity contribution < 1.29 is 19.1 Å². The summed E-state index contributed by atoms with van der Waals surface area (Å²) in [5, 5.41) is 5.14. The molecule has 0 spiro atoms. The van der Waals surface area contributed by atoms with Gasteiger partial charge in [-0.15, -0.1) is 0 Å². The van der Waals surface area contributed by atoms with Crippen molar-refractivity contribution in [1.82, 2.24) is 5.32 Å². The summed E-state index contributed by atoms with van der Waals surface area (Å²) in [5.74, 6) is -1.41. The summed E-state index contributed by atoms with van der Waals surface area (Å²) in [5.41, 5.74) is 5.29. The number of nitrogens with two attached hydrogens (primary N) is 1. The third kappa shape index (κ3) is 3.28. The Labute approximate surface area is 143 Å². The monoisotopic (exact) mass is 336 g/mol. The quantitative estimate of drug-likeness (QED) is 0.567. The number of esters is 1. The van der Waals surface area contributed by atoms with E-state index < -0.39 is 24.0 Å². The molecular formula is C19H16N2O4. The number of primary amides is 1. The lowest BCUT2D eigenvalue weighted by molar-refractivity contribution is -0.127. The topological polar surface area (TPSA) is 98.5 Å². The number of hydrogen-bond acceptors (Lipinski definition) is 4. The number of amides is 3. The Hall–Kier alpha value is -3.41. The molecule has 3 rings (SSSR count). The molecule has 0 radical (unpaired) electrons. The number of fused-ring (bicyclic) bond motifs is 2. The molecule has 0 aliphatic carbocycles. The summed E-state index contributed by atoms with van der Waals surface area (Å²) in [6.07, 6.45) is -1.15. The first-order valence-electron chi connectivity index (χ1n) is 7.69. The van der Waals surface area contributed by atoms with Crippen LogP contribution in [0.2, 0.25) is 0 Å². The molecular weight excluding hydrogens is 320 g/mol. The van der Waals surface area contributed by atoms with Crippen molar-refractivity contribution in [2.75, 3.05) is 0 Å². The number of urea groups is 1. The lowest BCUT2D eigenvalue weighted by atomic mass is 9.97. The largest absolute Gasteiger partial charge is 0.449 e. The number of nitrogens with one attached hydrogen (secondary N) is 1. The van der Waals surface area contributed by atoms with Crippen LogP contribution < -0.4 is 11.1 Å². The van der Waals surface area contributed by atoms with Crippen LogP contribution in [0.5, 0.6) is 0 Å². The van der Waals surface area contributed by atoms with E-state index in [1.54, 1.807) is 0 Å². The van der Waals surface area contributed by atoms with Gasteiger partial charge in [-0.2, -0.15) is 0 Å². The van der Waals surface area contributed by atoms with Crippen LogP contribution in [0, 0.1) is 0 Å². The molecule has 6 nitrogen and oxygen atoms in total. The maximum absolute atomic E-state index is 12.8. The second kappa shape index (κ2) is 6.60. The third-order valence-corrected chi connectivity index (χ3v) is 3.87. The van der Waals surface area contributed by atoms with Crippen molar-refractivity contribution in [3.05, 3.63) is 60.2 Å². The highest BCUT2D eigenvalue weighted by molar-refractivity contribution is 6.16. The van der Waals surface area contributed by atoms with Crippen molar-refractivity contribution in [3.8, 4) is 0 Å². The Morgan fingerprint density at radius 3 is 2.00 bits per heavy atom. The van der Waals surface area contributed by atoms with Crippen LogP contribution in [0.3, 0.4) is 0 Å². The third-order valence-electron chi connectivity index (χ3n) is 3.87. The number of rotatable bonds is 3. The highest BCUT2D eigenvalue weighted by atomic mass is 16.5. The SMILES string of the molecule is C[C@H](OC(=O)c1c2ccccc2cc2ccccc12)C(=O)NC(N)=O. The van der Waals surface area contributed by atoms with Crippen LogP contribution in [0.1, 0.15) is 17.3 Å². The van der Waals surface area contributed by atoms with Gasteiger partial charge in [-0.05, 0) is 34.5 Å². The molecule has 0 saturated carbocycles. The molecule has 3 aromatic rings. The van der Waals surface area contributed by atoms with Crippen molar-refractivity contribution in [2.24, 2.45) is 5.73 Å². The van der Waals surface area contributed by atoms with Gasteiger partial charge >= 0.3 is 12.0 Å². The summed E-state index contributed by atoms with van der Waals surface area (Å²) in [4.78, 5) is 35.3. The van der Waals surface area contributed by atoms with Crippen LogP contribution in [0.25, 0.3) is 21.5 Å². The summed E-state index contributed by atoms with van der Waals surface area (Å²) in [6, 6.07) is 15.9. The second-order valence-corrected chi connectivity index (χ2v) is 5.59. The van der Waals surface area contributed by atoms with Crippen LogP contribution in [-0.4, -0.2) is 24.0 Å². The van der Waals surface area contributed by atoms with Crippen LogP contribution in [-0.2, 0) is 9.53 Å². The standard InChI is InChI=1S/C19H16N2O4/c1-11(17(22)21-19(20)24)25-18(23)16-14-8-4-2-6-12(14)10-13-7-3-5-9-15(13)16/h2-11H,1H3,(H3,20,21,22,24)/t11-/m0/s1. The lowest BCUT2D eigenvalue weighted by Crippen LogP contribution is -2.42. The average Bonchev–Trinajstić information content (AvgIpc) is 2.58. The number of carbonyl (C=O) groups is 3. The van der Waals surface area contributed by atoms with E-state index in [1.807, 2.05) is 59.9 Å². The maximum Gasteiger partial charge on any atom is 0.340 e. The lowest BCUT2D eigenvalue weighted by Gasteiger charge is -2.15. The summed E-state index contributed by atoms with van der Waals surface area (Å²) < 4.78 is 5.26. The van der Waals surface area contributed by atoms with E-state index in [9.17, 15) is 14.4 Å². The van der Waals surface area contributed by atoms with E-state index in [4.69, 9.17) is 10.5 Å². The van der Waals surface area contributed by atoms with Crippen LogP contribution in [0.4, 0.5) is 4.79 Å². The van der Waals surface area contributed by atoms with Crippen molar-refractivity contribution in [3.63, 3.8) is 0 Å². The van der Waals surface area contributed by atoms with Gasteiger partial charge in [0.15, 0.2) is 6.10 Å². The van der Waals surface area contributed by atoms with Crippen molar-refractivity contribution in [2.45, 2.75) is 13.0 Å². The predicted molar refractivity (Wildman–Crippen MR) is 94.1 cm³/mol. The molecule has 0 fully saturated rings. The van der Waals surface area contributed by atoms with Gasteiger partial charge in [0.05, 0.1) is 5.56 Å². The fourth-order valence-corrected chi connectivity index (χ4v) is 2.73.